The molecule has 0 spiro atoms. The van der Waals surface area contributed by atoms with Crippen molar-refractivity contribution in [2.24, 2.45) is 5.10 Å². The van der Waals surface area contributed by atoms with Crippen molar-refractivity contribution in [3.05, 3.63) is 82.9 Å². The summed E-state index contributed by atoms with van der Waals surface area (Å²) in [6.07, 6.45) is 0. The quantitative estimate of drug-likeness (QED) is 0.217. The Hall–Kier alpha value is -4.26. The number of hydrogen-bond acceptors (Lipinski definition) is 5. The lowest BCUT2D eigenvalue weighted by atomic mass is 10.1. The molecule has 0 atom stereocenters. The molecular formula is C25H23N3O4. The number of para-hydroxylation sites is 1. The predicted octanol–water partition coefficient (Wildman–Crippen LogP) is 4.52. The van der Waals surface area contributed by atoms with Gasteiger partial charge in [0, 0.05) is 11.1 Å². The van der Waals surface area contributed by atoms with Crippen molar-refractivity contribution in [3.63, 3.8) is 0 Å². The minimum Gasteiger partial charge on any atom is -0.508 e. The molecule has 1 amide bonds. The van der Waals surface area contributed by atoms with Crippen molar-refractivity contribution in [1.82, 2.24) is 9.99 Å². The summed E-state index contributed by atoms with van der Waals surface area (Å²) in [6, 6.07) is 17.1. The van der Waals surface area contributed by atoms with Crippen LogP contribution in [0.1, 0.15) is 34.0 Å². The first-order valence-corrected chi connectivity index (χ1v) is 10.0. The van der Waals surface area contributed by atoms with E-state index in [1.807, 2.05) is 56.3 Å². The molecule has 0 saturated carbocycles. The molecule has 4 aromatic rings. The summed E-state index contributed by atoms with van der Waals surface area (Å²) < 4.78 is 1.75. The van der Waals surface area contributed by atoms with Gasteiger partial charge in [-0.15, -0.1) is 0 Å². The summed E-state index contributed by atoms with van der Waals surface area (Å²) >= 11 is 0. The first kappa shape index (κ1) is 21.0. The fourth-order valence-corrected chi connectivity index (χ4v) is 3.67. The maximum Gasteiger partial charge on any atom is 0.275 e. The van der Waals surface area contributed by atoms with E-state index < -0.39 is 5.91 Å². The second-order valence-corrected chi connectivity index (χ2v) is 7.66. The van der Waals surface area contributed by atoms with Crippen LogP contribution in [0.4, 0.5) is 0 Å². The molecular weight excluding hydrogens is 406 g/mol. The molecule has 7 heteroatoms. The highest BCUT2D eigenvalue weighted by Gasteiger charge is 2.20. The SMILES string of the molecule is CC(=NNC(=O)c1cc(O)ccc1O)c1c(O)n(-c2ccc(C)c(C)c2)c2ccccc12. The lowest BCUT2D eigenvalue weighted by Gasteiger charge is -2.10. The van der Waals surface area contributed by atoms with E-state index in [2.05, 4.69) is 10.5 Å². The second-order valence-electron chi connectivity index (χ2n) is 7.66. The molecule has 1 heterocycles. The first-order valence-electron chi connectivity index (χ1n) is 10.0. The van der Waals surface area contributed by atoms with E-state index in [0.29, 0.717) is 11.3 Å². The van der Waals surface area contributed by atoms with E-state index in [0.717, 1.165) is 33.8 Å². The van der Waals surface area contributed by atoms with Crippen LogP contribution in [-0.2, 0) is 0 Å². The average Bonchev–Trinajstić information content (AvgIpc) is 3.07. The summed E-state index contributed by atoms with van der Waals surface area (Å²) in [7, 11) is 0. The van der Waals surface area contributed by atoms with Crippen LogP contribution in [-0.4, -0.2) is 31.5 Å². The monoisotopic (exact) mass is 429 g/mol. The number of fused-ring (bicyclic) bond motifs is 1. The Bertz CT molecular complexity index is 1390. The number of aromatic hydroxyl groups is 3. The maximum absolute atomic E-state index is 12.4. The zero-order valence-electron chi connectivity index (χ0n) is 17.9. The number of nitrogens with zero attached hydrogens (tertiary/aromatic N) is 2. The molecule has 1 aromatic heterocycles. The Labute approximate surface area is 184 Å². The van der Waals surface area contributed by atoms with Crippen LogP contribution in [0.5, 0.6) is 17.4 Å². The van der Waals surface area contributed by atoms with Crippen molar-refractivity contribution in [2.75, 3.05) is 0 Å². The first-order chi connectivity index (χ1) is 15.3. The number of nitrogens with one attached hydrogen (secondary N) is 1. The highest BCUT2D eigenvalue weighted by molar-refractivity contribution is 6.13. The van der Waals surface area contributed by atoms with Crippen molar-refractivity contribution < 1.29 is 20.1 Å². The van der Waals surface area contributed by atoms with Gasteiger partial charge in [-0.2, -0.15) is 5.10 Å². The molecule has 0 saturated heterocycles. The van der Waals surface area contributed by atoms with Crippen LogP contribution in [0, 0.1) is 13.8 Å². The van der Waals surface area contributed by atoms with Gasteiger partial charge in [-0.3, -0.25) is 9.36 Å². The van der Waals surface area contributed by atoms with Crippen LogP contribution in [0.15, 0.2) is 65.8 Å². The number of benzene rings is 3. The Kier molecular flexibility index (Phi) is 5.32. The maximum atomic E-state index is 12.4. The number of aromatic nitrogens is 1. The van der Waals surface area contributed by atoms with Gasteiger partial charge >= 0.3 is 0 Å². The number of hydrazone groups is 1. The fourth-order valence-electron chi connectivity index (χ4n) is 3.67. The lowest BCUT2D eigenvalue weighted by Crippen LogP contribution is -2.19. The molecule has 32 heavy (non-hydrogen) atoms. The van der Waals surface area contributed by atoms with Gasteiger partial charge in [0.05, 0.1) is 22.4 Å². The minimum absolute atomic E-state index is 0.00477. The molecule has 162 valence electrons. The van der Waals surface area contributed by atoms with Crippen LogP contribution in [0.2, 0.25) is 0 Å². The van der Waals surface area contributed by atoms with E-state index >= 15 is 0 Å². The number of amides is 1. The van der Waals surface area contributed by atoms with Gasteiger partial charge in [0.2, 0.25) is 5.88 Å². The van der Waals surface area contributed by atoms with Crippen molar-refractivity contribution in [3.8, 4) is 23.1 Å². The number of carbonyl (C=O) groups excluding carboxylic acids is 1. The number of phenolic OH excluding ortho intramolecular Hbond substituents is 2. The molecule has 4 N–H and O–H groups in total. The van der Waals surface area contributed by atoms with E-state index in [9.17, 15) is 20.1 Å². The Morgan fingerprint density at radius 1 is 0.938 bits per heavy atom. The van der Waals surface area contributed by atoms with Crippen molar-refractivity contribution in [1.29, 1.82) is 0 Å². The predicted molar refractivity (Wildman–Crippen MR) is 124 cm³/mol. The molecule has 0 bridgehead atoms. The number of phenols is 2. The Morgan fingerprint density at radius 3 is 2.44 bits per heavy atom. The Balaban J connectivity index is 1.77. The summed E-state index contributed by atoms with van der Waals surface area (Å²) in [5.41, 5.74) is 7.01. The van der Waals surface area contributed by atoms with Crippen molar-refractivity contribution in [2.45, 2.75) is 20.8 Å². The summed E-state index contributed by atoms with van der Waals surface area (Å²) in [5, 5.41) is 35.5. The molecule has 0 aliphatic heterocycles. The highest BCUT2D eigenvalue weighted by Crippen LogP contribution is 2.35. The number of carbonyl (C=O) groups is 1. The van der Waals surface area contributed by atoms with Gasteiger partial charge in [-0.05, 0) is 68.3 Å². The molecule has 0 aliphatic carbocycles. The van der Waals surface area contributed by atoms with Crippen LogP contribution in [0.25, 0.3) is 16.6 Å². The average molecular weight is 429 g/mol. The standard InChI is InChI=1S/C25H23N3O4/c1-14-8-9-17(12-15(14)2)28-21-7-5-4-6-19(21)23(25(28)32)16(3)26-27-24(31)20-13-18(29)10-11-22(20)30/h4-13,29-30,32H,1-3H3,(H,27,31). The van der Waals surface area contributed by atoms with Gasteiger partial charge in [0.15, 0.2) is 0 Å². The molecule has 0 aliphatic rings. The number of rotatable bonds is 4. The molecule has 4 rings (SSSR count). The summed E-state index contributed by atoms with van der Waals surface area (Å²) in [4.78, 5) is 12.4. The third kappa shape index (κ3) is 3.65. The minimum atomic E-state index is -0.685. The van der Waals surface area contributed by atoms with Crippen LogP contribution < -0.4 is 5.43 Å². The van der Waals surface area contributed by atoms with Gasteiger partial charge in [-0.25, -0.2) is 5.43 Å². The third-order valence-electron chi connectivity index (χ3n) is 5.51. The topological polar surface area (TPSA) is 107 Å². The highest BCUT2D eigenvalue weighted by atomic mass is 16.3. The normalized spacial score (nSPS) is 11.7. The lowest BCUT2D eigenvalue weighted by molar-refractivity contribution is 0.0951. The fraction of sp³-hybridized carbons (Fsp3) is 0.120. The van der Waals surface area contributed by atoms with Crippen molar-refractivity contribution >= 4 is 22.5 Å². The second kappa shape index (κ2) is 8.11. The van der Waals surface area contributed by atoms with Gasteiger partial charge in [-0.1, -0.05) is 24.3 Å². The summed E-state index contributed by atoms with van der Waals surface area (Å²) in [6.45, 7) is 5.72. The number of hydrogen-bond donors (Lipinski definition) is 4. The third-order valence-corrected chi connectivity index (χ3v) is 5.51. The zero-order valence-corrected chi connectivity index (χ0v) is 17.9. The van der Waals surface area contributed by atoms with Crippen LogP contribution >= 0.6 is 0 Å². The largest absolute Gasteiger partial charge is 0.508 e. The van der Waals surface area contributed by atoms with E-state index in [-0.39, 0.29) is 22.9 Å². The smallest absolute Gasteiger partial charge is 0.275 e. The molecule has 0 radical (unpaired) electrons. The summed E-state index contributed by atoms with van der Waals surface area (Å²) in [5.74, 6) is -1.11. The van der Waals surface area contributed by atoms with Crippen LogP contribution in [0.3, 0.4) is 0 Å². The number of aryl methyl sites for hydroxylation is 2. The van der Waals surface area contributed by atoms with Gasteiger partial charge in [0.25, 0.3) is 5.91 Å². The molecule has 0 unspecified atom stereocenters. The zero-order chi connectivity index (χ0) is 23.0. The van der Waals surface area contributed by atoms with Gasteiger partial charge < -0.3 is 15.3 Å². The van der Waals surface area contributed by atoms with Gasteiger partial charge in [0.1, 0.15) is 11.5 Å². The Morgan fingerprint density at radius 2 is 1.69 bits per heavy atom. The van der Waals surface area contributed by atoms with E-state index in [1.165, 1.54) is 12.1 Å². The van der Waals surface area contributed by atoms with E-state index in [4.69, 9.17) is 0 Å². The molecule has 7 nitrogen and oxygen atoms in total. The molecule has 0 fully saturated rings. The van der Waals surface area contributed by atoms with E-state index in [1.54, 1.807) is 11.5 Å². The molecule has 3 aromatic carbocycles.